The van der Waals surface area contributed by atoms with Crippen molar-refractivity contribution in [1.29, 1.82) is 0 Å². The van der Waals surface area contributed by atoms with Crippen molar-refractivity contribution in [2.45, 2.75) is 50.3 Å². The summed E-state index contributed by atoms with van der Waals surface area (Å²) in [5.74, 6) is 0. The van der Waals surface area contributed by atoms with Crippen LogP contribution in [0.2, 0.25) is 26.2 Å². The van der Waals surface area contributed by atoms with E-state index >= 15 is 0 Å². The number of rotatable bonds is 2. The zero-order chi connectivity index (χ0) is 9.24. The Bertz CT molecular complexity index is 145. The molecule has 0 aromatic heterocycles. The van der Waals surface area contributed by atoms with Crippen molar-refractivity contribution in [2.75, 3.05) is 6.61 Å². The number of hydrogen-bond donors (Lipinski definition) is 0. The lowest BCUT2D eigenvalue weighted by molar-refractivity contribution is 0.0284. The van der Waals surface area contributed by atoms with Crippen LogP contribution in [0.25, 0.3) is 0 Å². The minimum Gasteiger partial charge on any atom is -0.382 e. The third-order valence-corrected chi connectivity index (χ3v) is 12.4. The highest BCUT2D eigenvalue weighted by Gasteiger charge is 2.43. The van der Waals surface area contributed by atoms with E-state index in [0.29, 0.717) is 4.85 Å². The van der Waals surface area contributed by atoms with E-state index in [1.807, 2.05) is 0 Å². The van der Waals surface area contributed by atoms with E-state index in [1.54, 1.807) is 0 Å². The first-order chi connectivity index (χ1) is 5.52. The fourth-order valence-corrected chi connectivity index (χ4v) is 8.91. The Balaban J connectivity index is 2.73. The van der Waals surface area contributed by atoms with Gasteiger partial charge in [-0.05, 0) is 19.3 Å². The average Bonchev–Trinajstić information content (AvgIpc) is 2.04. The highest BCUT2D eigenvalue weighted by molar-refractivity contribution is 6.87. The zero-order valence-corrected chi connectivity index (χ0v) is 11.4. The first-order valence-electron chi connectivity index (χ1n) is 5.16. The molecule has 0 radical (unpaired) electrons. The highest BCUT2D eigenvalue weighted by Crippen LogP contribution is 2.32. The van der Waals surface area contributed by atoms with Gasteiger partial charge in [0.2, 0.25) is 0 Å². The van der Waals surface area contributed by atoms with Crippen LogP contribution in [0.3, 0.4) is 0 Å². The van der Waals surface area contributed by atoms with Crippen LogP contribution in [0, 0.1) is 0 Å². The maximum atomic E-state index is 6.10. The molecule has 0 spiro atoms. The van der Waals surface area contributed by atoms with Gasteiger partial charge in [0.25, 0.3) is 0 Å². The average molecular weight is 202 g/mol. The van der Waals surface area contributed by atoms with Crippen molar-refractivity contribution in [2.24, 2.45) is 0 Å². The quantitative estimate of drug-likeness (QED) is 0.622. The Kier molecular flexibility index (Phi) is 3.18. The first-order valence-corrected chi connectivity index (χ1v) is 10.8. The molecule has 0 amide bonds. The van der Waals surface area contributed by atoms with Crippen molar-refractivity contribution in [3.05, 3.63) is 0 Å². The summed E-state index contributed by atoms with van der Waals surface area (Å²) in [6, 6.07) is 0. The van der Waals surface area contributed by atoms with Crippen LogP contribution in [0.15, 0.2) is 0 Å². The van der Waals surface area contributed by atoms with Gasteiger partial charge in [-0.3, -0.25) is 0 Å². The molecule has 1 nitrogen and oxygen atoms in total. The van der Waals surface area contributed by atoms with Crippen LogP contribution in [0.5, 0.6) is 0 Å². The Morgan fingerprint density at radius 3 is 2.17 bits per heavy atom. The van der Waals surface area contributed by atoms with Gasteiger partial charge in [-0.2, -0.15) is 0 Å². The third kappa shape index (κ3) is 1.83. The molecule has 1 rings (SSSR count). The molecule has 1 atom stereocenters. The van der Waals surface area contributed by atoms with E-state index < -0.39 is 8.07 Å². The highest BCUT2D eigenvalue weighted by atomic mass is 28.4. The summed E-state index contributed by atoms with van der Waals surface area (Å²) >= 11 is 0. The normalized spacial score (nSPS) is 33.0. The second kappa shape index (κ2) is 3.64. The fraction of sp³-hybridized carbons (Fsp3) is 1.00. The molecular formula is C9H22OSi2. The molecule has 1 heterocycles. The maximum Gasteiger partial charge on any atom is 0.0774 e. The third-order valence-electron chi connectivity index (χ3n) is 3.29. The standard InChI is InChI=1S/C9H22OSi2/c1-11-9(12(2,3)4)7-5-6-8-10-9/h5-8,11H2,1-4H3. The largest absolute Gasteiger partial charge is 0.382 e. The molecule has 0 aromatic carbocycles. The van der Waals surface area contributed by atoms with Gasteiger partial charge in [-0.15, -0.1) is 0 Å². The predicted molar refractivity (Wildman–Crippen MR) is 60.3 cm³/mol. The van der Waals surface area contributed by atoms with E-state index in [1.165, 1.54) is 19.3 Å². The van der Waals surface area contributed by atoms with Crippen LogP contribution >= 0.6 is 0 Å². The molecular weight excluding hydrogens is 180 g/mol. The summed E-state index contributed by atoms with van der Waals surface area (Å²) in [6.45, 7) is 10.9. The Labute approximate surface area is 79.7 Å². The van der Waals surface area contributed by atoms with Gasteiger partial charge in [0.05, 0.1) is 17.6 Å². The van der Waals surface area contributed by atoms with Crippen molar-refractivity contribution in [3.8, 4) is 0 Å². The van der Waals surface area contributed by atoms with Crippen LogP contribution in [-0.2, 0) is 4.74 Å². The molecule has 0 N–H and O–H groups in total. The Hall–Kier alpha value is 0.394. The molecule has 0 bridgehead atoms. The van der Waals surface area contributed by atoms with Gasteiger partial charge in [0.1, 0.15) is 0 Å². The van der Waals surface area contributed by atoms with Gasteiger partial charge >= 0.3 is 0 Å². The Morgan fingerprint density at radius 1 is 1.25 bits per heavy atom. The zero-order valence-electron chi connectivity index (χ0n) is 8.94. The van der Waals surface area contributed by atoms with Gasteiger partial charge in [0, 0.05) is 11.5 Å². The van der Waals surface area contributed by atoms with E-state index in [0.717, 1.165) is 6.61 Å². The fourth-order valence-electron chi connectivity index (χ4n) is 2.25. The van der Waals surface area contributed by atoms with E-state index in [9.17, 15) is 0 Å². The predicted octanol–water partition coefficient (Wildman–Crippen LogP) is 1.98. The minimum absolute atomic E-state index is 0.00332. The van der Waals surface area contributed by atoms with E-state index in [4.69, 9.17) is 4.74 Å². The summed E-state index contributed by atoms with van der Waals surface area (Å²) in [5.41, 5.74) is 0. The van der Waals surface area contributed by atoms with Crippen molar-refractivity contribution >= 4 is 17.6 Å². The first kappa shape index (κ1) is 10.5. The molecule has 1 aliphatic heterocycles. The summed E-state index contributed by atoms with van der Waals surface area (Å²) in [5, 5.41) is 0. The number of ether oxygens (including phenoxy) is 1. The molecule has 72 valence electrons. The second-order valence-corrected chi connectivity index (χ2v) is 12.9. The van der Waals surface area contributed by atoms with Crippen molar-refractivity contribution in [3.63, 3.8) is 0 Å². The van der Waals surface area contributed by atoms with Crippen LogP contribution < -0.4 is 0 Å². The lowest BCUT2D eigenvalue weighted by Gasteiger charge is -2.45. The van der Waals surface area contributed by atoms with Crippen molar-refractivity contribution < 1.29 is 4.74 Å². The molecule has 1 unspecified atom stereocenters. The number of hydrogen-bond acceptors (Lipinski definition) is 1. The van der Waals surface area contributed by atoms with Crippen LogP contribution in [-0.4, -0.2) is 29.0 Å². The monoisotopic (exact) mass is 202 g/mol. The summed E-state index contributed by atoms with van der Waals surface area (Å²) in [6.07, 6.45) is 4.07. The molecule has 1 aliphatic rings. The smallest absolute Gasteiger partial charge is 0.0774 e. The van der Waals surface area contributed by atoms with E-state index in [-0.39, 0.29) is 9.52 Å². The van der Waals surface area contributed by atoms with E-state index in [2.05, 4.69) is 26.2 Å². The molecule has 0 saturated carbocycles. The van der Waals surface area contributed by atoms with Gasteiger partial charge < -0.3 is 4.74 Å². The van der Waals surface area contributed by atoms with Gasteiger partial charge in [0.15, 0.2) is 0 Å². The molecule has 1 fully saturated rings. The molecule has 12 heavy (non-hydrogen) atoms. The lowest BCUT2D eigenvalue weighted by atomic mass is 10.2. The summed E-state index contributed by atoms with van der Waals surface area (Å²) in [7, 11) is -1.07. The molecule has 0 aromatic rings. The second-order valence-electron chi connectivity index (χ2n) is 4.90. The lowest BCUT2D eigenvalue weighted by Crippen LogP contribution is -2.59. The molecule has 0 aliphatic carbocycles. The minimum atomic E-state index is -1.07. The SMILES string of the molecule is C[SiH2]C1([Si](C)(C)C)CCCCO1. The molecule has 1 saturated heterocycles. The Morgan fingerprint density at radius 2 is 1.92 bits per heavy atom. The van der Waals surface area contributed by atoms with Crippen molar-refractivity contribution in [1.82, 2.24) is 0 Å². The van der Waals surface area contributed by atoms with Gasteiger partial charge in [-0.1, -0.05) is 26.2 Å². The summed E-state index contributed by atoms with van der Waals surface area (Å²) in [4.78, 5) is 0.436. The van der Waals surface area contributed by atoms with Gasteiger partial charge in [-0.25, -0.2) is 0 Å². The topological polar surface area (TPSA) is 9.23 Å². The summed E-state index contributed by atoms with van der Waals surface area (Å²) < 4.78 is 6.10. The van der Waals surface area contributed by atoms with Crippen LogP contribution in [0.4, 0.5) is 0 Å². The maximum absolute atomic E-state index is 6.10. The van der Waals surface area contributed by atoms with Crippen LogP contribution in [0.1, 0.15) is 19.3 Å². The molecule has 3 heteroatoms.